The van der Waals surface area contributed by atoms with E-state index in [4.69, 9.17) is 16.1 Å². The Morgan fingerprint density at radius 1 is 1.15 bits per heavy atom. The Balaban J connectivity index is 1.41. The summed E-state index contributed by atoms with van der Waals surface area (Å²) in [6.07, 6.45) is 1.45. The number of carbonyl (C=O) groups is 1. The van der Waals surface area contributed by atoms with Gasteiger partial charge >= 0.3 is 0 Å². The standard InChI is InChI=1S/C20H17ClFN3O2/c21-16-6-4-13(5-7-16)18-23-19(27-24-18)14-8-10-25(11-9-14)20(26)15-2-1-3-17(22)12-15/h1-7,12,14H,8-11H2. The smallest absolute Gasteiger partial charge is 0.253 e. The molecule has 1 saturated heterocycles. The van der Waals surface area contributed by atoms with E-state index in [0.29, 0.717) is 35.4 Å². The molecule has 1 amide bonds. The number of halogens is 2. The molecule has 5 nitrogen and oxygen atoms in total. The van der Waals surface area contributed by atoms with Crippen LogP contribution in [0.4, 0.5) is 4.39 Å². The van der Waals surface area contributed by atoms with Crippen LogP contribution < -0.4 is 0 Å². The highest BCUT2D eigenvalue weighted by atomic mass is 35.5. The van der Waals surface area contributed by atoms with Crippen molar-refractivity contribution in [1.82, 2.24) is 15.0 Å². The summed E-state index contributed by atoms with van der Waals surface area (Å²) >= 11 is 5.90. The van der Waals surface area contributed by atoms with Crippen molar-refractivity contribution in [3.05, 3.63) is 70.8 Å². The predicted octanol–water partition coefficient (Wildman–Crippen LogP) is 4.55. The van der Waals surface area contributed by atoms with Crippen molar-refractivity contribution in [3.63, 3.8) is 0 Å². The number of hydrogen-bond donors (Lipinski definition) is 0. The average molecular weight is 386 g/mol. The normalized spacial score (nSPS) is 15.1. The van der Waals surface area contributed by atoms with E-state index in [0.717, 1.165) is 18.4 Å². The maximum Gasteiger partial charge on any atom is 0.253 e. The van der Waals surface area contributed by atoms with Crippen molar-refractivity contribution in [1.29, 1.82) is 0 Å². The van der Waals surface area contributed by atoms with Gasteiger partial charge in [-0.2, -0.15) is 4.98 Å². The predicted molar refractivity (Wildman–Crippen MR) is 99.0 cm³/mol. The molecule has 0 radical (unpaired) electrons. The molecule has 3 aromatic rings. The molecular weight excluding hydrogens is 369 g/mol. The van der Waals surface area contributed by atoms with E-state index in [2.05, 4.69) is 10.1 Å². The number of carbonyl (C=O) groups excluding carboxylic acids is 1. The zero-order chi connectivity index (χ0) is 18.8. The Labute approximate surface area is 160 Å². The summed E-state index contributed by atoms with van der Waals surface area (Å²) in [4.78, 5) is 18.7. The van der Waals surface area contributed by atoms with Gasteiger partial charge in [-0.25, -0.2) is 4.39 Å². The van der Waals surface area contributed by atoms with Gasteiger partial charge in [0.1, 0.15) is 5.82 Å². The maximum atomic E-state index is 13.3. The topological polar surface area (TPSA) is 59.2 Å². The minimum Gasteiger partial charge on any atom is -0.339 e. The second kappa shape index (κ2) is 7.48. The number of likely N-dealkylation sites (tertiary alicyclic amines) is 1. The van der Waals surface area contributed by atoms with E-state index in [1.807, 2.05) is 12.1 Å². The third-order valence-corrected chi connectivity index (χ3v) is 5.00. The van der Waals surface area contributed by atoms with Gasteiger partial charge in [0.15, 0.2) is 0 Å². The largest absolute Gasteiger partial charge is 0.339 e. The summed E-state index contributed by atoms with van der Waals surface area (Å²) in [5, 5.41) is 4.70. The average Bonchev–Trinajstić information content (AvgIpc) is 3.18. The summed E-state index contributed by atoms with van der Waals surface area (Å²) in [5.41, 5.74) is 1.21. The maximum absolute atomic E-state index is 13.3. The fourth-order valence-corrected chi connectivity index (χ4v) is 3.38. The Kier molecular flexibility index (Phi) is 4.90. The highest BCUT2D eigenvalue weighted by molar-refractivity contribution is 6.30. The summed E-state index contributed by atoms with van der Waals surface area (Å²) < 4.78 is 18.8. The summed E-state index contributed by atoms with van der Waals surface area (Å²) in [5.74, 6) is 0.657. The van der Waals surface area contributed by atoms with Crippen LogP contribution in [0.3, 0.4) is 0 Å². The molecule has 0 N–H and O–H groups in total. The first-order valence-electron chi connectivity index (χ1n) is 8.74. The number of rotatable bonds is 3. The number of aromatic nitrogens is 2. The summed E-state index contributed by atoms with van der Waals surface area (Å²) in [6, 6.07) is 13.0. The molecule has 1 aliphatic heterocycles. The van der Waals surface area contributed by atoms with E-state index < -0.39 is 5.82 Å². The van der Waals surface area contributed by atoms with Gasteiger partial charge in [-0.3, -0.25) is 4.79 Å². The molecule has 1 fully saturated rings. The SMILES string of the molecule is O=C(c1cccc(F)c1)N1CCC(c2nc(-c3ccc(Cl)cc3)no2)CC1. The number of piperidine rings is 1. The van der Waals surface area contributed by atoms with Crippen LogP contribution in [0, 0.1) is 5.82 Å². The van der Waals surface area contributed by atoms with Crippen LogP contribution in [0.1, 0.15) is 35.0 Å². The van der Waals surface area contributed by atoms with Gasteiger partial charge in [0.2, 0.25) is 11.7 Å². The van der Waals surface area contributed by atoms with E-state index >= 15 is 0 Å². The fraction of sp³-hybridized carbons (Fsp3) is 0.250. The molecule has 27 heavy (non-hydrogen) atoms. The van der Waals surface area contributed by atoms with Crippen LogP contribution in [0.15, 0.2) is 53.1 Å². The van der Waals surface area contributed by atoms with Crippen molar-refractivity contribution < 1.29 is 13.7 Å². The van der Waals surface area contributed by atoms with Crippen molar-refractivity contribution in [3.8, 4) is 11.4 Å². The van der Waals surface area contributed by atoms with E-state index in [-0.39, 0.29) is 11.8 Å². The van der Waals surface area contributed by atoms with E-state index in [1.165, 1.54) is 12.1 Å². The lowest BCUT2D eigenvalue weighted by atomic mass is 9.96. The molecule has 7 heteroatoms. The quantitative estimate of drug-likeness (QED) is 0.663. The zero-order valence-corrected chi connectivity index (χ0v) is 15.2. The Bertz CT molecular complexity index is 950. The molecule has 0 spiro atoms. The van der Waals surface area contributed by atoms with Crippen molar-refractivity contribution in [2.24, 2.45) is 0 Å². The first-order valence-corrected chi connectivity index (χ1v) is 9.12. The number of hydrogen-bond acceptors (Lipinski definition) is 4. The number of nitrogens with zero attached hydrogens (tertiary/aromatic N) is 3. The van der Waals surface area contributed by atoms with Crippen LogP contribution in [0.2, 0.25) is 5.02 Å². The lowest BCUT2D eigenvalue weighted by Gasteiger charge is -2.30. The molecule has 0 aliphatic carbocycles. The number of amides is 1. The zero-order valence-electron chi connectivity index (χ0n) is 14.4. The molecule has 0 bridgehead atoms. The van der Waals surface area contributed by atoms with Crippen molar-refractivity contribution in [2.75, 3.05) is 13.1 Å². The summed E-state index contributed by atoms with van der Waals surface area (Å²) in [6.45, 7) is 1.14. The molecule has 1 aromatic heterocycles. The van der Waals surface area contributed by atoms with Gasteiger partial charge < -0.3 is 9.42 Å². The van der Waals surface area contributed by atoms with Crippen LogP contribution in [-0.2, 0) is 0 Å². The first kappa shape index (κ1) is 17.7. The minimum atomic E-state index is -0.406. The molecule has 1 aliphatic rings. The Morgan fingerprint density at radius 3 is 2.59 bits per heavy atom. The van der Waals surface area contributed by atoms with Crippen LogP contribution in [0.5, 0.6) is 0 Å². The van der Waals surface area contributed by atoms with Gasteiger partial charge in [0, 0.05) is 35.2 Å². The molecule has 0 unspecified atom stereocenters. The van der Waals surface area contributed by atoms with Crippen LogP contribution in [0.25, 0.3) is 11.4 Å². The van der Waals surface area contributed by atoms with Gasteiger partial charge in [0.05, 0.1) is 0 Å². The van der Waals surface area contributed by atoms with Gasteiger partial charge in [0.25, 0.3) is 5.91 Å². The van der Waals surface area contributed by atoms with Gasteiger partial charge in [-0.05, 0) is 55.3 Å². The van der Waals surface area contributed by atoms with Crippen LogP contribution in [-0.4, -0.2) is 34.0 Å². The van der Waals surface area contributed by atoms with Gasteiger partial charge in [-0.1, -0.05) is 22.8 Å². The van der Waals surface area contributed by atoms with Gasteiger partial charge in [-0.15, -0.1) is 0 Å². The second-order valence-corrected chi connectivity index (χ2v) is 6.98. The minimum absolute atomic E-state index is 0.107. The third kappa shape index (κ3) is 3.85. The molecule has 2 aromatic carbocycles. The molecule has 138 valence electrons. The molecule has 0 atom stereocenters. The highest BCUT2D eigenvalue weighted by Gasteiger charge is 2.28. The Morgan fingerprint density at radius 2 is 1.89 bits per heavy atom. The van der Waals surface area contributed by atoms with E-state index in [1.54, 1.807) is 29.2 Å². The highest BCUT2D eigenvalue weighted by Crippen LogP contribution is 2.29. The first-order chi connectivity index (χ1) is 13.1. The van der Waals surface area contributed by atoms with E-state index in [9.17, 15) is 9.18 Å². The Hall–Kier alpha value is -2.73. The molecular formula is C20H17ClFN3O2. The molecule has 2 heterocycles. The summed E-state index contributed by atoms with van der Waals surface area (Å²) in [7, 11) is 0. The lowest BCUT2D eigenvalue weighted by molar-refractivity contribution is 0.0704. The second-order valence-electron chi connectivity index (χ2n) is 6.54. The van der Waals surface area contributed by atoms with Crippen LogP contribution >= 0.6 is 11.6 Å². The molecule has 0 saturated carbocycles. The lowest BCUT2D eigenvalue weighted by Crippen LogP contribution is -2.38. The number of benzene rings is 2. The third-order valence-electron chi connectivity index (χ3n) is 4.75. The monoisotopic (exact) mass is 385 g/mol. The molecule has 4 rings (SSSR count). The fourth-order valence-electron chi connectivity index (χ4n) is 3.25. The van der Waals surface area contributed by atoms with Crippen molar-refractivity contribution in [2.45, 2.75) is 18.8 Å². The van der Waals surface area contributed by atoms with Crippen molar-refractivity contribution >= 4 is 17.5 Å².